The smallest absolute Gasteiger partial charge is 0.115 e. The highest BCUT2D eigenvalue weighted by Gasteiger charge is 2.12. The highest BCUT2D eigenvalue weighted by atomic mass is 32.1. The first-order chi connectivity index (χ1) is 10.0. The Morgan fingerprint density at radius 1 is 1.14 bits per heavy atom. The minimum Gasteiger partial charge on any atom is -0.398 e. The van der Waals surface area contributed by atoms with Crippen LogP contribution in [0.25, 0.3) is 10.8 Å². The summed E-state index contributed by atoms with van der Waals surface area (Å²) in [6.07, 6.45) is 3.75. The lowest BCUT2D eigenvalue weighted by Crippen LogP contribution is -2.07. The molecule has 0 spiro atoms. The van der Waals surface area contributed by atoms with Crippen molar-refractivity contribution in [2.24, 2.45) is 0 Å². The van der Waals surface area contributed by atoms with Crippen LogP contribution in [-0.2, 0) is 0 Å². The van der Waals surface area contributed by atoms with Gasteiger partial charge in [0, 0.05) is 45.1 Å². The molecule has 0 saturated heterocycles. The fourth-order valence-corrected chi connectivity index (χ4v) is 3.13. The first-order valence-corrected chi connectivity index (χ1v) is 7.70. The van der Waals surface area contributed by atoms with Crippen molar-refractivity contribution in [1.29, 1.82) is 0 Å². The van der Waals surface area contributed by atoms with E-state index in [1.165, 1.54) is 4.88 Å². The molecule has 0 bridgehead atoms. The largest absolute Gasteiger partial charge is 0.398 e. The summed E-state index contributed by atoms with van der Waals surface area (Å²) in [7, 11) is 0. The van der Waals surface area contributed by atoms with Crippen LogP contribution in [0, 0.1) is 13.8 Å². The van der Waals surface area contributed by atoms with Gasteiger partial charge in [-0.2, -0.15) is 0 Å². The molecule has 1 aromatic carbocycles. The molecule has 1 unspecified atom stereocenters. The Labute approximate surface area is 128 Å². The SMILES string of the molecule is Cc1cc2c(NC(C)c3ncc(C)s3)ccc(N)c2cn1. The van der Waals surface area contributed by atoms with Gasteiger partial charge < -0.3 is 11.1 Å². The fourth-order valence-electron chi connectivity index (χ4n) is 2.36. The summed E-state index contributed by atoms with van der Waals surface area (Å²) in [6.45, 7) is 6.18. The van der Waals surface area contributed by atoms with E-state index >= 15 is 0 Å². The Hall–Kier alpha value is -2.14. The fraction of sp³-hybridized carbons (Fsp3) is 0.250. The van der Waals surface area contributed by atoms with E-state index in [-0.39, 0.29) is 6.04 Å². The quantitative estimate of drug-likeness (QED) is 0.716. The summed E-state index contributed by atoms with van der Waals surface area (Å²) < 4.78 is 0. The van der Waals surface area contributed by atoms with Crippen molar-refractivity contribution in [1.82, 2.24) is 9.97 Å². The summed E-state index contributed by atoms with van der Waals surface area (Å²) >= 11 is 1.72. The van der Waals surface area contributed by atoms with Gasteiger partial charge in [0.2, 0.25) is 0 Å². The molecule has 0 fully saturated rings. The van der Waals surface area contributed by atoms with Gasteiger partial charge in [-0.1, -0.05) is 0 Å². The van der Waals surface area contributed by atoms with E-state index in [0.717, 1.165) is 32.8 Å². The maximum Gasteiger partial charge on any atom is 0.115 e. The van der Waals surface area contributed by atoms with E-state index in [9.17, 15) is 0 Å². The Morgan fingerprint density at radius 3 is 2.67 bits per heavy atom. The van der Waals surface area contributed by atoms with Crippen LogP contribution in [-0.4, -0.2) is 9.97 Å². The monoisotopic (exact) mass is 298 g/mol. The van der Waals surface area contributed by atoms with Crippen LogP contribution in [0.2, 0.25) is 0 Å². The molecule has 0 amide bonds. The molecular weight excluding hydrogens is 280 g/mol. The standard InChI is InChI=1S/C16H18N4S/c1-9-6-12-13(8-18-9)14(17)4-5-15(12)20-11(3)16-19-7-10(2)21-16/h4-8,11,20H,17H2,1-3H3. The van der Waals surface area contributed by atoms with Gasteiger partial charge in [-0.3, -0.25) is 4.98 Å². The number of rotatable bonds is 3. The number of aryl methyl sites for hydroxylation is 2. The lowest BCUT2D eigenvalue weighted by atomic mass is 10.1. The zero-order chi connectivity index (χ0) is 15.0. The van der Waals surface area contributed by atoms with E-state index in [1.807, 2.05) is 31.5 Å². The van der Waals surface area contributed by atoms with Gasteiger partial charge in [0.25, 0.3) is 0 Å². The zero-order valence-corrected chi connectivity index (χ0v) is 13.2. The lowest BCUT2D eigenvalue weighted by molar-refractivity contribution is 0.871. The molecule has 5 heteroatoms. The molecule has 21 heavy (non-hydrogen) atoms. The second-order valence-electron chi connectivity index (χ2n) is 5.25. The maximum atomic E-state index is 6.04. The number of thiazole rings is 1. The summed E-state index contributed by atoms with van der Waals surface area (Å²) in [5, 5.41) is 6.70. The Balaban J connectivity index is 2.00. The van der Waals surface area contributed by atoms with Crippen molar-refractivity contribution in [2.75, 3.05) is 11.1 Å². The Kier molecular flexibility index (Phi) is 3.51. The molecular formula is C16H18N4S. The predicted molar refractivity (Wildman–Crippen MR) is 89.8 cm³/mol. The second kappa shape index (κ2) is 5.33. The molecule has 2 heterocycles. The maximum absolute atomic E-state index is 6.04. The molecule has 3 aromatic rings. The molecule has 0 aliphatic heterocycles. The first-order valence-electron chi connectivity index (χ1n) is 6.88. The summed E-state index contributed by atoms with van der Waals surface area (Å²) in [6, 6.07) is 6.16. The minimum absolute atomic E-state index is 0.156. The van der Waals surface area contributed by atoms with E-state index in [4.69, 9.17) is 5.73 Å². The summed E-state index contributed by atoms with van der Waals surface area (Å²) in [4.78, 5) is 10.0. The molecule has 3 N–H and O–H groups in total. The second-order valence-corrected chi connectivity index (χ2v) is 6.52. The molecule has 0 radical (unpaired) electrons. The number of hydrogen-bond acceptors (Lipinski definition) is 5. The number of hydrogen-bond donors (Lipinski definition) is 2. The average Bonchev–Trinajstić information content (AvgIpc) is 2.88. The van der Waals surface area contributed by atoms with Gasteiger partial charge in [-0.15, -0.1) is 11.3 Å². The van der Waals surface area contributed by atoms with Gasteiger partial charge in [-0.05, 0) is 39.0 Å². The summed E-state index contributed by atoms with van der Waals surface area (Å²) in [5.74, 6) is 0. The van der Waals surface area contributed by atoms with E-state index in [1.54, 1.807) is 11.3 Å². The Morgan fingerprint density at radius 2 is 1.95 bits per heavy atom. The molecule has 1 atom stereocenters. The number of nitrogens with zero attached hydrogens (tertiary/aromatic N) is 2. The van der Waals surface area contributed by atoms with E-state index in [0.29, 0.717) is 0 Å². The van der Waals surface area contributed by atoms with Crippen LogP contribution in [0.1, 0.15) is 28.5 Å². The number of aromatic nitrogens is 2. The number of nitrogen functional groups attached to an aromatic ring is 1. The van der Waals surface area contributed by atoms with Crippen LogP contribution >= 0.6 is 11.3 Å². The molecule has 4 nitrogen and oxygen atoms in total. The van der Waals surface area contributed by atoms with Crippen LogP contribution < -0.4 is 11.1 Å². The van der Waals surface area contributed by atoms with Crippen LogP contribution in [0.5, 0.6) is 0 Å². The topological polar surface area (TPSA) is 63.8 Å². The van der Waals surface area contributed by atoms with Gasteiger partial charge in [0.05, 0.1) is 6.04 Å². The third-order valence-electron chi connectivity index (χ3n) is 3.45. The van der Waals surface area contributed by atoms with Crippen LogP contribution in [0.3, 0.4) is 0 Å². The van der Waals surface area contributed by atoms with Gasteiger partial charge in [0.15, 0.2) is 0 Å². The summed E-state index contributed by atoms with van der Waals surface area (Å²) in [5.41, 5.74) is 8.83. The van der Waals surface area contributed by atoms with Crippen molar-refractivity contribution >= 4 is 33.5 Å². The van der Waals surface area contributed by atoms with Gasteiger partial charge in [-0.25, -0.2) is 4.98 Å². The molecule has 0 aliphatic carbocycles. The highest BCUT2D eigenvalue weighted by molar-refractivity contribution is 7.11. The number of nitrogens with one attached hydrogen (secondary N) is 1. The van der Waals surface area contributed by atoms with Gasteiger partial charge in [0.1, 0.15) is 5.01 Å². The number of benzene rings is 1. The highest BCUT2D eigenvalue weighted by Crippen LogP contribution is 2.31. The van der Waals surface area contributed by atoms with Crippen molar-refractivity contribution in [3.05, 3.63) is 46.2 Å². The molecule has 3 rings (SSSR count). The Bertz CT molecular complexity index is 794. The van der Waals surface area contributed by atoms with E-state index < -0.39 is 0 Å². The van der Waals surface area contributed by atoms with Crippen LogP contribution in [0.4, 0.5) is 11.4 Å². The lowest BCUT2D eigenvalue weighted by Gasteiger charge is -2.16. The molecule has 2 aromatic heterocycles. The molecule has 108 valence electrons. The van der Waals surface area contributed by atoms with Crippen molar-refractivity contribution in [3.8, 4) is 0 Å². The predicted octanol–water partition coefficient (Wildman–Crippen LogP) is 4.06. The third kappa shape index (κ3) is 2.69. The minimum atomic E-state index is 0.156. The number of fused-ring (bicyclic) bond motifs is 1. The van der Waals surface area contributed by atoms with Gasteiger partial charge >= 0.3 is 0 Å². The normalized spacial score (nSPS) is 12.5. The average molecular weight is 298 g/mol. The van der Waals surface area contributed by atoms with Crippen molar-refractivity contribution < 1.29 is 0 Å². The van der Waals surface area contributed by atoms with Crippen molar-refractivity contribution in [3.63, 3.8) is 0 Å². The molecule has 0 aliphatic rings. The van der Waals surface area contributed by atoms with Crippen molar-refractivity contribution in [2.45, 2.75) is 26.8 Å². The van der Waals surface area contributed by atoms with E-state index in [2.05, 4.69) is 35.2 Å². The number of nitrogens with two attached hydrogens (primary N) is 1. The number of anilines is 2. The molecule has 0 saturated carbocycles. The number of pyridine rings is 1. The van der Waals surface area contributed by atoms with Crippen LogP contribution in [0.15, 0.2) is 30.6 Å². The zero-order valence-electron chi connectivity index (χ0n) is 12.3. The third-order valence-corrected chi connectivity index (χ3v) is 4.55. The first kappa shape index (κ1) is 13.8.